The van der Waals surface area contributed by atoms with Crippen LogP contribution in [0.5, 0.6) is 0 Å². The van der Waals surface area contributed by atoms with Crippen LogP contribution < -0.4 is 10.6 Å². The van der Waals surface area contributed by atoms with Crippen molar-refractivity contribution in [3.8, 4) is 0 Å². The molecule has 1 fully saturated rings. The number of rotatable bonds is 5. The first kappa shape index (κ1) is 15.4. The Hall–Kier alpha value is -1.95. The topological polar surface area (TPSA) is 78.4 Å². The minimum atomic E-state index is -1.35. The fraction of sp³-hybridized carbons (Fsp3) is 0.467. The molecule has 6 heteroatoms. The summed E-state index contributed by atoms with van der Waals surface area (Å²) in [5, 5.41) is 14.7. The van der Waals surface area contributed by atoms with E-state index in [0.29, 0.717) is 18.0 Å². The van der Waals surface area contributed by atoms with Gasteiger partial charge in [0.25, 0.3) is 0 Å². The molecule has 0 saturated carbocycles. The average Bonchev–Trinajstić information content (AvgIpc) is 2.48. The molecule has 1 amide bonds. The minimum absolute atomic E-state index is 0.170. The quantitative estimate of drug-likeness (QED) is 0.778. The molecule has 0 unspecified atom stereocenters. The largest absolute Gasteiger partial charge is 0.478 e. The Bertz CT molecular complexity index is 528. The second kappa shape index (κ2) is 7.17. The van der Waals surface area contributed by atoms with Crippen molar-refractivity contribution >= 4 is 17.6 Å². The highest BCUT2D eigenvalue weighted by molar-refractivity contribution is 5.94. The van der Waals surface area contributed by atoms with Gasteiger partial charge in [-0.2, -0.15) is 0 Å². The van der Waals surface area contributed by atoms with Gasteiger partial charge < -0.3 is 15.7 Å². The third-order valence-electron chi connectivity index (χ3n) is 3.72. The van der Waals surface area contributed by atoms with E-state index in [2.05, 4.69) is 10.6 Å². The number of anilines is 1. The lowest BCUT2D eigenvalue weighted by Crippen LogP contribution is -2.28. The number of carboxylic acid groups (broad SMARTS) is 1. The first-order valence-corrected chi connectivity index (χ1v) is 7.09. The standard InChI is InChI=1S/C15H19FN2O3/c16-13-3-2-11(9-12(13)15(20)21)18-14(19)4-1-10-5-7-17-8-6-10/h2-3,9-10,17H,1,4-8H2,(H,18,19)(H,20,21). The summed E-state index contributed by atoms with van der Waals surface area (Å²) in [6, 6.07) is 3.55. The van der Waals surface area contributed by atoms with Crippen molar-refractivity contribution in [3.63, 3.8) is 0 Å². The van der Waals surface area contributed by atoms with E-state index in [9.17, 15) is 14.0 Å². The van der Waals surface area contributed by atoms with Crippen LogP contribution in [0.1, 0.15) is 36.0 Å². The lowest BCUT2D eigenvalue weighted by atomic mass is 9.93. The van der Waals surface area contributed by atoms with E-state index >= 15 is 0 Å². The van der Waals surface area contributed by atoms with Crippen LogP contribution in [0.25, 0.3) is 0 Å². The van der Waals surface area contributed by atoms with Crippen LogP contribution in [-0.4, -0.2) is 30.1 Å². The van der Waals surface area contributed by atoms with Gasteiger partial charge in [0.1, 0.15) is 5.82 Å². The minimum Gasteiger partial charge on any atom is -0.478 e. The van der Waals surface area contributed by atoms with Gasteiger partial charge in [-0.3, -0.25) is 4.79 Å². The van der Waals surface area contributed by atoms with Crippen molar-refractivity contribution in [2.24, 2.45) is 5.92 Å². The van der Waals surface area contributed by atoms with Crippen LogP contribution in [0, 0.1) is 11.7 Å². The van der Waals surface area contributed by atoms with Gasteiger partial charge in [-0.05, 0) is 56.5 Å². The molecule has 114 valence electrons. The molecule has 0 bridgehead atoms. The highest BCUT2D eigenvalue weighted by Crippen LogP contribution is 2.19. The Morgan fingerprint density at radius 2 is 2.05 bits per heavy atom. The molecule has 1 heterocycles. The molecule has 0 atom stereocenters. The molecule has 1 aromatic rings. The van der Waals surface area contributed by atoms with E-state index in [1.807, 2.05) is 0 Å². The van der Waals surface area contributed by atoms with Crippen LogP contribution in [-0.2, 0) is 4.79 Å². The van der Waals surface area contributed by atoms with Crippen LogP contribution >= 0.6 is 0 Å². The van der Waals surface area contributed by atoms with E-state index in [0.717, 1.165) is 44.5 Å². The van der Waals surface area contributed by atoms with Gasteiger partial charge in [0.15, 0.2) is 0 Å². The number of aromatic carboxylic acids is 1. The molecular formula is C15H19FN2O3. The highest BCUT2D eigenvalue weighted by atomic mass is 19.1. The molecule has 3 N–H and O–H groups in total. The molecule has 0 aromatic heterocycles. The van der Waals surface area contributed by atoms with E-state index in [1.165, 1.54) is 6.07 Å². The normalized spacial score (nSPS) is 15.7. The summed E-state index contributed by atoms with van der Waals surface area (Å²) in [6.45, 7) is 1.98. The number of carbonyl (C=O) groups is 2. The van der Waals surface area contributed by atoms with E-state index < -0.39 is 17.3 Å². The number of piperidine rings is 1. The Balaban J connectivity index is 1.87. The Labute approximate surface area is 122 Å². The molecule has 0 aliphatic carbocycles. The third kappa shape index (κ3) is 4.53. The number of hydrogen-bond acceptors (Lipinski definition) is 3. The zero-order valence-electron chi connectivity index (χ0n) is 11.7. The Morgan fingerprint density at radius 1 is 1.33 bits per heavy atom. The molecule has 21 heavy (non-hydrogen) atoms. The van der Waals surface area contributed by atoms with Gasteiger partial charge in [0.05, 0.1) is 5.56 Å². The summed E-state index contributed by atoms with van der Waals surface area (Å²) in [4.78, 5) is 22.7. The number of hydrogen-bond donors (Lipinski definition) is 3. The van der Waals surface area contributed by atoms with Crippen molar-refractivity contribution in [1.29, 1.82) is 0 Å². The van der Waals surface area contributed by atoms with Crippen molar-refractivity contribution in [2.75, 3.05) is 18.4 Å². The van der Waals surface area contributed by atoms with E-state index in [4.69, 9.17) is 5.11 Å². The molecule has 5 nitrogen and oxygen atoms in total. The number of nitrogens with one attached hydrogen (secondary N) is 2. The third-order valence-corrected chi connectivity index (χ3v) is 3.72. The molecule has 0 radical (unpaired) electrons. The Morgan fingerprint density at radius 3 is 2.71 bits per heavy atom. The molecular weight excluding hydrogens is 275 g/mol. The zero-order valence-corrected chi connectivity index (χ0v) is 11.7. The number of halogens is 1. The molecule has 1 saturated heterocycles. The van der Waals surface area contributed by atoms with Gasteiger partial charge in [-0.25, -0.2) is 9.18 Å². The maximum absolute atomic E-state index is 13.2. The van der Waals surface area contributed by atoms with Crippen LogP contribution in [0.3, 0.4) is 0 Å². The van der Waals surface area contributed by atoms with Crippen molar-refractivity contribution < 1.29 is 19.1 Å². The van der Waals surface area contributed by atoms with Gasteiger partial charge in [-0.15, -0.1) is 0 Å². The summed E-state index contributed by atoms with van der Waals surface area (Å²) in [7, 11) is 0. The summed E-state index contributed by atoms with van der Waals surface area (Å²) < 4.78 is 13.2. The number of benzene rings is 1. The predicted molar refractivity (Wildman–Crippen MR) is 76.8 cm³/mol. The van der Waals surface area contributed by atoms with E-state index in [-0.39, 0.29) is 5.91 Å². The molecule has 1 aromatic carbocycles. The monoisotopic (exact) mass is 294 g/mol. The predicted octanol–water partition coefficient (Wildman–Crippen LogP) is 2.24. The first-order chi connectivity index (χ1) is 10.1. The second-order valence-electron chi connectivity index (χ2n) is 5.28. The first-order valence-electron chi connectivity index (χ1n) is 7.09. The fourth-order valence-corrected chi connectivity index (χ4v) is 2.50. The summed E-state index contributed by atoms with van der Waals surface area (Å²) in [5.41, 5.74) is -0.129. The fourth-order valence-electron chi connectivity index (χ4n) is 2.50. The summed E-state index contributed by atoms with van der Waals surface area (Å²) >= 11 is 0. The molecule has 2 rings (SSSR count). The zero-order chi connectivity index (χ0) is 15.2. The van der Waals surface area contributed by atoms with Gasteiger partial charge >= 0.3 is 5.97 Å². The Kier molecular flexibility index (Phi) is 5.27. The van der Waals surface area contributed by atoms with Crippen LogP contribution in [0.2, 0.25) is 0 Å². The molecule has 1 aliphatic heterocycles. The average molecular weight is 294 g/mol. The van der Waals surface area contributed by atoms with Crippen molar-refractivity contribution in [3.05, 3.63) is 29.6 Å². The smallest absolute Gasteiger partial charge is 0.338 e. The summed E-state index contributed by atoms with van der Waals surface area (Å²) in [5.74, 6) is -1.77. The highest BCUT2D eigenvalue weighted by Gasteiger charge is 2.15. The van der Waals surface area contributed by atoms with Gasteiger partial charge in [0.2, 0.25) is 5.91 Å². The molecule has 1 aliphatic rings. The number of carboxylic acids is 1. The maximum Gasteiger partial charge on any atom is 0.338 e. The van der Waals surface area contributed by atoms with E-state index in [1.54, 1.807) is 0 Å². The van der Waals surface area contributed by atoms with Gasteiger partial charge in [0, 0.05) is 12.1 Å². The SMILES string of the molecule is O=C(CCC1CCNCC1)Nc1ccc(F)c(C(=O)O)c1. The molecule has 0 spiro atoms. The van der Waals surface area contributed by atoms with Crippen LogP contribution in [0.15, 0.2) is 18.2 Å². The van der Waals surface area contributed by atoms with Crippen LogP contribution in [0.4, 0.5) is 10.1 Å². The van der Waals surface area contributed by atoms with Crippen molar-refractivity contribution in [1.82, 2.24) is 5.32 Å². The summed E-state index contributed by atoms with van der Waals surface area (Å²) in [6.07, 6.45) is 3.37. The number of amides is 1. The lowest BCUT2D eigenvalue weighted by molar-refractivity contribution is -0.116. The van der Waals surface area contributed by atoms with Gasteiger partial charge in [-0.1, -0.05) is 0 Å². The lowest BCUT2D eigenvalue weighted by Gasteiger charge is -2.22. The maximum atomic E-state index is 13.2. The second-order valence-corrected chi connectivity index (χ2v) is 5.28. The van der Waals surface area contributed by atoms with Crippen molar-refractivity contribution in [2.45, 2.75) is 25.7 Å². The number of carbonyl (C=O) groups excluding carboxylic acids is 1.